The third kappa shape index (κ3) is 4.06. The van der Waals surface area contributed by atoms with Crippen LogP contribution >= 0.6 is 0 Å². The van der Waals surface area contributed by atoms with Gasteiger partial charge in [-0.1, -0.05) is 43.7 Å². The number of nitrogens with one attached hydrogen (secondary N) is 1. The second kappa shape index (κ2) is 7.92. The van der Waals surface area contributed by atoms with Crippen molar-refractivity contribution in [1.82, 2.24) is 10.2 Å². The van der Waals surface area contributed by atoms with Crippen molar-refractivity contribution in [3.8, 4) is 0 Å². The third-order valence-electron chi connectivity index (χ3n) is 4.90. The minimum absolute atomic E-state index is 0.148. The fraction of sp³-hybridized carbons (Fsp3) is 0.667. The van der Waals surface area contributed by atoms with Gasteiger partial charge in [0.15, 0.2) is 0 Å². The Kier molecular flexibility index (Phi) is 6.22. The molecule has 118 valence electrons. The monoisotopic (exact) mass is 290 g/mol. The van der Waals surface area contributed by atoms with Gasteiger partial charge in [-0.15, -0.1) is 0 Å². The van der Waals surface area contributed by atoms with Crippen molar-refractivity contribution in [1.29, 1.82) is 0 Å². The highest BCUT2D eigenvalue weighted by molar-refractivity contribution is 5.25. The number of aliphatic hydroxyl groups excluding tert-OH is 1. The van der Waals surface area contributed by atoms with E-state index in [0.29, 0.717) is 0 Å². The molecule has 0 heterocycles. The van der Waals surface area contributed by atoms with E-state index in [1.165, 1.54) is 24.8 Å². The van der Waals surface area contributed by atoms with Gasteiger partial charge in [0, 0.05) is 12.6 Å². The van der Waals surface area contributed by atoms with E-state index in [1.54, 1.807) is 0 Å². The van der Waals surface area contributed by atoms with E-state index in [4.69, 9.17) is 0 Å². The number of benzene rings is 1. The Morgan fingerprint density at radius 2 is 2.00 bits per heavy atom. The van der Waals surface area contributed by atoms with Crippen LogP contribution in [0, 0.1) is 0 Å². The van der Waals surface area contributed by atoms with Crippen molar-refractivity contribution in [2.75, 3.05) is 26.7 Å². The Hall–Kier alpha value is -0.900. The molecule has 1 aliphatic rings. The van der Waals surface area contributed by atoms with E-state index >= 15 is 0 Å². The maximum atomic E-state index is 10.1. The summed E-state index contributed by atoms with van der Waals surface area (Å²) in [5.74, 6) is 0. The zero-order valence-electron chi connectivity index (χ0n) is 13.5. The van der Waals surface area contributed by atoms with Crippen molar-refractivity contribution in [3.05, 3.63) is 35.9 Å². The van der Waals surface area contributed by atoms with Crippen LogP contribution in [0.3, 0.4) is 0 Å². The second-order valence-corrected chi connectivity index (χ2v) is 6.35. The predicted octanol–water partition coefficient (Wildman–Crippen LogP) is 2.75. The Labute approximate surface area is 129 Å². The summed E-state index contributed by atoms with van der Waals surface area (Å²) >= 11 is 0. The van der Waals surface area contributed by atoms with Gasteiger partial charge in [0.25, 0.3) is 0 Å². The summed E-state index contributed by atoms with van der Waals surface area (Å²) in [6.07, 6.45) is 6.05. The van der Waals surface area contributed by atoms with Crippen molar-refractivity contribution in [3.63, 3.8) is 0 Å². The zero-order chi connectivity index (χ0) is 15.1. The summed E-state index contributed by atoms with van der Waals surface area (Å²) in [5.41, 5.74) is 0.887. The van der Waals surface area contributed by atoms with E-state index in [2.05, 4.69) is 48.5 Å². The highest BCUT2D eigenvalue weighted by atomic mass is 16.3. The van der Waals surface area contributed by atoms with Gasteiger partial charge in [-0.3, -0.25) is 0 Å². The highest BCUT2D eigenvalue weighted by Gasteiger charge is 2.32. The van der Waals surface area contributed by atoms with E-state index in [0.717, 1.165) is 32.0 Å². The first-order chi connectivity index (χ1) is 10.2. The summed E-state index contributed by atoms with van der Waals surface area (Å²) in [6.45, 7) is 4.27. The molecule has 1 aliphatic carbocycles. The number of rotatable bonds is 9. The first-order valence-corrected chi connectivity index (χ1v) is 8.33. The lowest BCUT2D eigenvalue weighted by atomic mass is 9.85. The Balaban J connectivity index is 2.06. The van der Waals surface area contributed by atoms with Gasteiger partial charge in [0.1, 0.15) is 0 Å². The van der Waals surface area contributed by atoms with Crippen LogP contribution in [0.5, 0.6) is 0 Å². The van der Waals surface area contributed by atoms with E-state index < -0.39 is 0 Å². The van der Waals surface area contributed by atoms with Gasteiger partial charge in [0.2, 0.25) is 0 Å². The van der Waals surface area contributed by atoms with E-state index in [-0.39, 0.29) is 12.1 Å². The number of aliphatic hydroxyl groups is 1. The topological polar surface area (TPSA) is 35.5 Å². The molecule has 3 heteroatoms. The minimum Gasteiger partial charge on any atom is -0.394 e. The average molecular weight is 290 g/mol. The zero-order valence-corrected chi connectivity index (χ0v) is 13.5. The number of hydrogen-bond acceptors (Lipinski definition) is 3. The highest BCUT2D eigenvalue weighted by Crippen LogP contribution is 2.28. The van der Waals surface area contributed by atoms with Crippen molar-refractivity contribution >= 4 is 0 Å². The molecule has 2 N–H and O–H groups in total. The summed E-state index contributed by atoms with van der Waals surface area (Å²) < 4.78 is 0. The molecule has 1 aromatic rings. The van der Waals surface area contributed by atoms with Crippen molar-refractivity contribution < 1.29 is 5.11 Å². The summed E-state index contributed by atoms with van der Waals surface area (Å²) in [4.78, 5) is 2.46. The van der Waals surface area contributed by atoms with Crippen LogP contribution in [0.15, 0.2) is 30.3 Å². The molecular weight excluding hydrogens is 260 g/mol. The SMILES string of the molecule is CCCNC(CO)(CCN(C)C1CCC1)c1ccccc1. The molecule has 1 saturated carbocycles. The molecular formula is C18H30N2O. The van der Waals surface area contributed by atoms with Crippen molar-refractivity contribution in [2.45, 2.75) is 50.6 Å². The van der Waals surface area contributed by atoms with Gasteiger partial charge in [-0.05, 0) is 44.8 Å². The number of nitrogens with zero attached hydrogens (tertiary/aromatic N) is 1. The third-order valence-corrected chi connectivity index (χ3v) is 4.90. The molecule has 0 saturated heterocycles. The lowest BCUT2D eigenvalue weighted by molar-refractivity contribution is 0.107. The molecule has 1 fully saturated rings. The van der Waals surface area contributed by atoms with Crippen LogP contribution in [-0.2, 0) is 5.54 Å². The minimum atomic E-state index is -0.310. The Bertz CT molecular complexity index is 405. The molecule has 1 atom stereocenters. The fourth-order valence-corrected chi connectivity index (χ4v) is 3.06. The van der Waals surface area contributed by atoms with Crippen LogP contribution in [0.1, 0.15) is 44.6 Å². The van der Waals surface area contributed by atoms with Gasteiger partial charge in [0.05, 0.1) is 12.1 Å². The van der Waals surface area contributed by atoms with Crippen molar-refractivity contribution in [2.24, 2.45) is 0 Å². The fourth-order valence-electron chi connectivity index (χ4n) is 3.06. The lowest BCUT2D eigenvalue weighted by Gasteiger charge is -2.39. The van der Waals surface area contributed by atoms with Crippen LogP contribution < -0.4 is 5.32 Å². The first kappa shape index (κ1) is 16.5. The van der Waals surface area contributed by atoms with Crippen LogP contribution in [0.2, 0.25) is 0 Å². The standard InChI is InChI=1S/C18H30N2O/c1-3-13-19-18(15-21,16-8-5-4-6-9-16)12-14-20(2)17-10-7-11-17/h4-6,8-9,17,19,21H,3,7,10-15H2,1-2H3. The molecule has 2 rings (SSSR count). The summed E-state index contributed by atoms with van der Waals surface area (Å²) in [7, 11) is 2.22. The Morgan fingerprint density at radius 3 is 2.52 bits per heavy atom. The Morgan fingerprint density at radius 1 is 1.29 bits per heavy atom. The normalized spacial score (nSPS) is 18.5. The van der Waals surface area contributed by atoms with Gasteiger partial charge < -0.3 is 15.3 Å². The molecule has 21 heavy (non-hydrogen) atoms. The molecule has 1 unspecified atom stereocenters. The van der Waals surface area contributed by atoms with Crippen LogP contribution in [0.25, 0.3) is 0 Å². The maximum Gasteiger partial charge on any atom is 0.0681 e. The van der Waals surface area contributed by atoms with Gasteiger partial charge >= 0.3 is 0 Å². The smallest absolute Gasteiger partial charge is 0.0681 e. The second-order valence-electron chi connectivity index (χ2n) is 6.35. The van der Waals surface area contributed by atoms with Crippen LogP contribution in [-0.4, -0.2) is 42.8 Å². The van der Waals surface area contributed by atoms with Gasteiger partial charge in [-0.2, -0.15) is 0 Å². The molecule has 0 amide bonds. The molecule has 0 radical (unpaired) electrons. The van der Waals surface area contributed by atoms with Crippen LogP contribution in [0.4, 0.5) is 0 Å². The average Bonchev–Trinajstić information content (AvgIpc) is 2.47. The molecule has 0 aromatic heterocycles. The number of hydrogen-bond donors (Lipinski definition) is 2. The van der Waals surface area contributed by atoms with E-state index in [1.807, 2.05) is 6.07 Å². The molecule has 0 aliphatic heterocycles. The predicted molar refractivity (Wildman–Crippen MR) is 88.4 cm³/mol. The summed E-state index contributed by atoms with van der Waals surface area (Å²) in [5, 5.41) is 13.7. The molecule has 1 aromatic carbocycles. The van der Waals surface area contributed by atoms with Gasteiger partial charge in [-0.25, -0.2) is 0 Å². The molecule has 0 spiro atoms. The lowest BCUT2D eigenvalue weighted by Crippen LogP contribution is -2.49. The molecule has 3 nitrogen and oxygen atoms in total. The molecule has 0 bridgehead atoms. The van der Waals surface area contributed by atoms with E-state index in [9.17, 15) is 5.11 Å². The summed E-state index contributed by atoms with van der Waals surface area (Å²) in [6, 6.07) is 11.2. The quantitative estimate of drug-likeness (QED) is 0.734. The largest absolute Gasteiger partial charge is 0.394 e. The first-order valence-electron chi connectivity index (χ1n) is 8.33. The maximum absolute atomic E-state index is 10.1.